The second-order valence-corrected chi connectivity index (χ2v) is 11.1. The lowest BCUT2D eigenvalue weighted by Crippen LogP contribution is -2.65. The summed E-state index contributed by atoms with van der Waals surface area (Å²) in [6.07, 6.45) is 3.61. The molecule has 0 unspecified atom stereocenters. The van der Waals surface area contributed by atoms with Crippen molar-refractivity contribution in [3.05, 3.63) is 34.6 Å². The Hall–Kier alpha value is -3.64. The number of aromatic nitrogens is 4. The lowest BCUT2D eigenvalue weighted by molar-refractivity contribution is -0.894. The molecule has 3 aliphatic rings. The van der Waals surface area contributed by atoms with Crippen LogP contribution in [0.25, 0.3) is 5.65 Å². The molecule has 2 N–H and O–H groups in total. The molecule has 1 aromatic carbocycles. The number of hydrogen-bond acceptors (Lipinski definition) is 9. The van der Waals surface area contributed by atoms with Crippen molar-refractivity contribution in [3.8, 4) is 12.1 Å². The van der Waals surface area contributed by atoms with Gasteiger partial charge in [0.25, 0.3) is 0 Å². The van der Waals surface area contributed by atoms with Gasteiger partial charge in [0.15, 0.2) is 17.2 Å². The van der Waals surface area contributed by atoms with Gasteiger partial charge in [-0.05, 0) is 25.0 Å². The van der Waals surface area contributed by atoms with Crippen LogP contribution in [0.2, 0.25) is 5.02 Å². The number of benzene rings is 1. The molecule has 3 aromatic rings. The van der Waals surface area contributed by atoms with Gasteiger partial charge in [-0.3, -0.25) is 4.90 Å². The number of fused-ring (bicyclic) bond motifs is 1. The van der Waals surface area contributed by atoms with Crippen molar-refractivity contribution in [2.75, 3.05) is 68.9 Å². The van der Waals surface area contributed by atoms with E-state index >= 15 is 0 Å². The molecule has 37 heavy (non-hydrogen) atoms. The zero-order valence-electron chi connectivity index (χ0n) is 20.9. The second-order valence-electron chi connectivity index (χ2n) is 10.8. The monoisotopic (exact) mass is 518 g/mol. The van der Waals surface area contributed by atoms with E-state index in [0.717, 1.165) is 62.3 Å². The summed E-state index contributed by atoms with van der Waals surface area (Å²) in [6.45, 7) is 6.25. The zero-order chi connectivity index (χ0) is 25.7. The Balaban J connectivity index is 1.26. The standard InChI is InChI=1S/C25H29ClN11/c1-37(2)7-5-34(6-8-37)19-14-35(15-19)21-10-16(11-27)9-20(22(21)26)31-25-32-23(30-17-3-4-17)24-29-13-18(12-28)36(24)33-25/h9-10,13,17,19H,3-8,14-15H2,1-2H3,(H2,30,31,32,33)/q+1. The number of halogens is 1. The summed E-state index contributed by atoms with van der Waals surface area (Å²) in [7, 11) is 4.57. The summed E-state index contributed by atoms with van der Waals surface area (Å²) >= 11 is 6.88. The van der Waals surface area contributed by atoms with Crippen LogP contribution >= 0.6 is 11.6 Å². The topological polar surface area (TPSA) is 121 Å². The van der Waals surface area contributed by atoms with E-state index in [9.17, 15) is 10.5 Å². The van der Waals surface area contributed by atoms with Gasteiger partial charge in [-0.25, -0.2) is 4.98 Å². The van der Waals surface area contributed by atoms with Gasteiger partial charge >= 0.3 is 0 Å². The summed E-state index contributed by atoms with van der Waals surface area (Å²) < 4.78 is 2.54. The maximum atomic E-state index is 9.71. The van der Waals surface area contributed by atoms with E-state index < -0.39 is 0 Å². The van der Waals surface area contributed by atoms with E-state index in [-0.39, 0.29) is 5.95 Å². The van der Waals surface area contributed by atoms with Crippen molar-refractivity contribution in [2.24, 2.45) is 0 Å². The molecule has 190 valence electrons. The maximum absolute atomic E-state index is 9.71. The Labute approximate surface area is 220 Å². The molecule has 0 atom stereocenters. The van der Waals surface area contributed by atoms with Gasteiger partial charge in [0, 0.05) is 38.3 Å². The molecule has 2 saturated heterocycles. The number of anilines is 4. The van der Waals surface area contributed by atoms with Gasteiger partial charge in [0.05, 0.1) is 61.4 Å². The normalized spacial score (nSPS) is 19.8. The predicted octanol–water partition coefficient (Wildman–Crippen LogP) is 2.42. The minimum Gasteiger partial charge on any atom is -0.367 e. The number of piperazine rings is 1. The molecule has 0 amide bonds. The van der Waals surface area contributed by atoms with Crippen LogP contribution in [0.15, 0.2) is 18.3 Å². The average molecular weight is 519 g/mol. The summed E-state index contributed by atoms with van der Waals surface area (Å²) in [5.74, 6) is 0.826. The van der Waals surface area contributed by atoms with Crippen LogP contribution in [0.5, 0.6) is 0 Å². The molecule has 2 aromatic heterocycles. The third-order valence-electron chi connectivity index (χ3n) is 7.53. The van der Waals surface area contributed by atoms with Crippen LogP contribution in [-0.2, 0) is 0 Å². The minimum absolute atomic E-state index is 0.267. The highest BCUT2D eigenvalue weighted by Crippen LogP contribution is 2.38. The van der Waals surface area contributed by atoms with Crippen LogP contribution in [0.1, 0.15) is 24.1 Å². The first-order chi connectivity index (χ1) is 17.8. The van der Waals surface area contributed by atoms with Gasteiger partial charge in [0.2, 0.25) is 5.95 Å². The van der Waals surface area contributed by atoms with E-state index in [1.54, 1.807) is 6.07 Å². The molecule has 1 aliphatic carbocycles. The molecular formula is C25H29ClN11+. The van der Waals surface area contributed by atoms with E-state index in [1.165, 1.54) is 10.7 Å². The number of rotatable bonds is 6. The first-order valence-electron chi connectivity index (χ1n) is 12.6. The lowest BCUT2D eigenvalue weighted by Gasteiger charge is -2.50. The van der Waals surface area contributed by atoms with Gasteiger partial charge in [-0.2, -0.15) is 20.0 Å². The van der Waals surface area contributed by atoms with E-state index in [2.05, 4.69) is 61.7 Å². The molecule has 4 heterocycles. The Bertz CT molecular complexity index is 1430. The fourth-order valence-electron chi connectivity index (χ4n) is 4.91. The lowest BCUT2D eigenvalue weighted by atomic mass is 10.0. The van der Waals surface area contributed by atoms with Crippen molar-refractivity contribution >= 4 is 40.4 Å². The fourth-order valence-corrected chi connectivity index (χ4v) is 5.19. The van der Waals surface area contributed by atoms with Gasteiger partial charge in [-0.1, -0.05) is 11.6 Å². The van der Waals surface area contributed by atoms with Gasteiger partial charge < -0.3 is 20.0 Å². The predicted molar refractivity (Wildman–Crippen MR) is 141 cm³/mol. The molecule has 1 saturated carbocycles. The molecule has 0 bridgehead atoms. The van der Waals surface area contributed by atoms with Crippen LogP contribution in [-0.4, -0.2) is 94.4 Å². The number of quaternary nitrogens is 1. The highest BCUT2D eigenvalue weighted by atomic mass is 35.5. The third kappa shape index (κ3) is 4.62. The van der Waals surface area contributed by atoms with Crippen LogP contribution in [0.3, 0.4) is 0 Å². The number of hydrogen-bond donors (Lipinski definition) is 2. The molecule has 2 aliphatic heterocycles. The van der Waals surface area contributed by atoms with Crippen LogP contribution < -0.4 is 15.5 Å². The molecule has 6 rings (SSSR count). The summed E-state index contributed by atoms with van der Waals surface area (Å²) in [5, 5.41) is 30.8. The van der Waals surface area contributed by atoms with E-state index in [4.69, 9.17) is 11.6 Å². The van der Waals surface area contributed by atoms with Crippen molar-refractivity contribution in [3.63, 3.8) is 0 Å². The Morgan fingerprint density at radius 2 is 1.86 bits per heavy atom. The summed E-state index contributed by atoms with van der Waals surface area (Å²) in [6, 6.07) is 8.74. The molecule has 0 radical (unpaired) electrons. The minimum atomic E-state index is 0.267. The highest BCUT2D eigenvalue weighted by Gasteiger charge is 2.37. The zero-order valence-corrected chi connectivity index (χ0v) is 21.7. The highest BCUT2D eigenvalue weighted by molar-refractivity contribution is 6.36. The van der Waals surface area contributed by atoms with Crippen molar-refractivity contribution in [1.82, 2.24) is 24.5 Å². The number of nitrogens with one attached hydrogen (secondary N) is 2. The van der Waals surface area contributed by atoms with Gasteiger partial charge in [-0.15, -0.1) is 5.10 Å². The van der Waals surface area contributed by atoms with Crippen LogP contribution in [0, 0.1) is 22.7 Å². The number of imidazole rings is 1. The largest absolute Gasteiger partial charge is 0.367 e. The van der Waals surface area contributed by atoms with Crippen molar-refractivity contribution in [2.45, 2.75) is 24.9 Å². The Kier molecular flexibility index (Phi) is 5.80. The van der Waals surface area contributed by atoms with E-state index in [0.29, 0.717) is 45.5 Å². The Morgan fingerprint density at radius 1 is 1.11 bits per heavy atom. The average Bonchev–Trinajstić information content (AvgIpc) is 3.57. The Morgan fingerprint density at radius 3 is 2.54 bits per heavy atom. The van der Waals surface area contributed by atoms with Crippen molar-refractivity contribution in [1.29, 1.82) is 10.5 Å². The molecule has 12 heteroatoms. The van der Waals surface area contributed by atoms with Crippen LogP contribution in [0.4, 0.5) is 23.1 Å². The third-order valence-corrected chi connectivity index (χ3v) is 7.93. The summed E-state index contributed by atoms with van der Waals surface area (Å²) in [4.78, 5) is 13.7. The second kappa shape index (κ2) is 9.03. The fraction of sp³-hybridized carbons (Fsp3) is 0.480. The van der Waals surface area contributed by atoms with E-state index in [1.807, 2.05) is 6.07 Å². The molecule has 3 fully saturated rings. The number of nitriles is 2. The molecular weight excluding hydrogens is 490 g/mol. The van der Waals surface area contributed by atoms with Gasteiger partial charge in [0.1, 0.15) is 6.07 Å². The SMILES string of the molecule is C[N+]1(C)CCN(C2CN(c3cc(C#N)cc(Nc4nc(NC5CC5)c5ncc(C#N)n5n4)c3Cl)C2)CC1. The summed E-state index contributed by atoms with van der Waals surface area (Å²) in [5.41, 5.74) is 2.68. The first kappa shape index (κ1) is 23.7. The number of likely N-dealkylation sites (N-methyl/N-ethyl adjacent to an activating group) is 1. The maximum Gasteiger partial charge on any atom is 0.247 e. The quantitative estimate of drug-likeness (QED) is 0.474. The van der Waals surface area contributed by atoms with Crippen molar-refractivity contribution < 1.29 is 4.48 Å². The first-order valence-corrected chi connectivity index (χ1v) is 13.0. The smallest absolute Gasteiger partial charge is 0.247 e. The molecule has 11 nitrogen and oxygen atoms in total. The number of nitrogens with zero attached hydrogens (tertiary/aromatic N) is 9. The molecule has 0 spiro atoms.